The van der Waals surface area contributed by atoms with Crippen LogP contribution in [0.1, 0.15) is 45.4 Å². The van der Waals surface area contributed by atoms with Crippen LogP contribution in [0.25, 0.3) is 0 Å². The molecule has 2 nitrogen and oxygen atoms in total. The average Bonchev–Trinajstić information content (AvgIpc) is 2.53. The number of hydrogen-bond donors (Lipinski definition) is 1. The summed E-state index contributed by atoms with van der Waals surface area (Å²) >= 11 is 0. The Morgan fingerprint density at radius 2 is 1.92 bits per heavy atom. The Balaban J connectivity index is 0.00000144. The van der Waals surface area contributed by atoms with Crippen molar-refractivity contribution in [3.8, 4) is 0 Å². The minimum atomic E-state index is -2.76. The Labute approximate surface area is 91.4 Å². The van der Waals surface area contributed by atoms with Crippen LogP contribution in [0.5, 0.6) is 0 Å². The first-order chi connectivity index (χ1) is 5.67. The van der Waals surface area contributed by atoms with Gasteiger partial charge in [-0.05, 0) is 19.3 Å². The van der Waals surface area contributed by atoms with Gasteiger partial charge in [0.2, 0.25) is 7.37 Å². The van der Waals surface area contributed by atoms with Crippen LogP contribution < -0.4 is 0 Å². The van der Waals surface area contributed by atoms with Gasteiger partial charge in [0.1, 0.15) is 0 Å². The Hall–Kier alpha value is 0.709. The smallest absolute Gasteiger partial charge is 0.203 e. The topological polar surface area (TPSA) is 37.3 Å². The first kappa shape index (κ1) is 13.7. The molecular formula is C9H19FeO2P. The van der Waals surface area contributed by atoms with Crippen molar-refractivity contribution in [2.24, 2.45) is 0 Å². The molecule has 0 amide bonds. The summed E-state index contributed by atoms with van der Waals surface area (Å²) in [6.45, 7) is 2.06. The second kappa shape index (κ2) is 6.24. The summed E-state index contributed by atoms with van der Waals surface area (Å²) in [6, 6.07) is 0. The zero-order valence-corrected chi connectivity index (χ0v) is 10.2. The van der Waals surface area contributed by atoms with Gasteiger partial charge in [-0.2, -0.15) is 0 Å². The molecule has 0 aliphatic heterocycles. The van der Waals surface area contributed by atoms with E-state index in [9.17, 15) is 9.46 Å². The molecule has 0 spiro atoms. The van der Waals surface area contributed by atoms with Gasteiger partial charge in [0.25, 0.3) is 0 Å². The van der Waals surface area contributed by atoms with Crippen LogP contribution in [0.3, 0.4) is 0 Å². The second-order valence-corrected chi connectivity index (χ2v) is 6.46. The van der Waals surface area contributed by atoms with Crippen LogP contribution in [0.2, 0.25) is 0 Å². The van der Waals surface area contributed by atoms with E-state index in [4.69, 9.17) is 0 Å². The standard InChI is InChI=1S/C9H19O2P.Fe/c1-2-3-8-12(10,11)9-6-4-5-7-9;/h9H,2-8H2,1H3,(H,10,11);. The van der Waals surface area contributed by atoms with Gasteiger partial charge < -0.3 is 4.89 Å². The normalized spacial score (nSPS) is 22.3. The monoisotopic (exact) mass is 246 g/mol. The maximum Gasteiger partial charge on any atom is 0.203 e. The number of unbranched alkanes of at least 4 members (excludes halogenated alkanes) is 1. The van der Waals surface area contributed by atoms with E-state index in [1.54, 1.807) is 0 Å². The zero-order chi connectivity index (χ0) is 9.03. The molecule has 1 rings (SSSR count). The van der Waals surface area contributed by atoms with Gasteiger partial charge in [0.05, 0.1) is 0 Å². The second-order valence-electron chi connectivity index (χ2n) is 3.77. The molecule has 0 saturated heterocycles. The molecule has 1 N–H and O–H groups in total. The van der Waals surface area contributed by atoms with Crippen LogP contribution in [0, 0.1) is 0 Å². The molecule has 1 fully saturated rings. The van der Waals surface area contributed by atoms with E-state index in [1.165, 1.54) is 0 Å². The van der Waals surface area contributed by atoms with E-state index >= 15 is 0 Å². The Morgan fingerprint density at radius 3 is 2.38 bits per heavy atom. The van der Waals surface area contributed by atoms with Crippen LogP contribution in [-0.2, 0) is 21.6 Å². The Kier molecular flexibility index (Phi) is 6.58. The van der Waals surface area contributed by atoms with Crippen molar-refractivity contribution < 1.29 is 26.5 Å². The van der Waals surface area contributed by atoms with Gasteiger partial charge in [0, 0.05) is 28.9 Å². The summed E-state index contributed by atoms with van der Waals surface area (Å²) in [4.78, 5) is 9.70. The van der Waals surface area contributed by atoms with Gasteiger partial charge >= 0.3 is 0 Å². The fourth-order valence-electron chi connectivity index (χ4n) is 1.87. The van der Waals surface area contributed by atoms with E-state index in [0.717, 1.165) is 38.5 Å². The van der Waals surface area contributed by atoms with Crippen molar-refractivity contribution in [1.82, 2.24) is 0 Å². The number of rotatable bonds is 4. The van der Waals surface area contributed by atoms with Crippen molar-refractivity contribution in [2.75, 3.05) is 6.16 Å². The Bertz CT molecular complexity index is 178. The van der Waals surface area contributed by atoms with Crippen molar-refractivity contribution in [1.29, 1.82) is 0 Å². The molecule has 80 valence electrons. The summed E-state index contributed by atoms with van der Waals surface area (Å²) in [5, 5.41) is 0. The molecule has 13 heavy (non-hydrogen) atoms. The van der Waals surface area contributed by atoms with Crippen molar-refractivity contribution in [3.05, 3.63) is 0 Å². The quantitative estimate of drug-likeness (QED) is 0.611. The van der Waals surface area contributed by atoms with Crippen LogP contribution >= 0.6 is 7.37 Å². The fourth-order valence-corrected chi connectivity index (χ4v) is 4.18. The van der Waals surface area contributed by atoms with E-state index in [2.05, 4.69) is 6.92 Å². The first-order valence-corrected chi connectivity index (χ1v) is 6.89. The summed E-state index contributed by atoms with van der Waals surface area (Å²) in [6.07, 6.45) is 6.76. The van der Waals surface area contributed by atoms with Crippen LogP contribution in [0.4, 0.5) is 0 Å². The van der Waals surface area contributed by atoms with E-state index in [-0.39, 0.29) is 22.7 Å². The molecule has 1 atom stereocenters. The Morgan fingerprint density at radius 1 is 1.38 bits per heavy atom. The van der Waals surface area contributed by atoms with Crippen LogP contribution in [0.15, 0.2) is 0 Å². The summed E-state index contributed by atoms with van der Waals surface area (Å²) in [7, 11) is -2.76. The molecule has 1 aliphatic rings. The van der Waals surface area contributed by atoms with Crippen molar-refractivity contribution in [2.45, 2.75) is 51.1 Å². The van der Waals surface area contributed by atoms with E-state index in [1.807, 2.05) is 0 Å². The molecule has 0 radical (unpaired) electrons. The molecule has 1 saturated carbocycles. The van der Waals surface area contributed by atoms with Crippen molar-refractivity contribution >= 4 is 7.37 Å². The summed E-state index contributed by atoms with van der Waals surface area (Å²) in [5.74, 6) is 0. The first-order valence-electron chi connectivity index (χ1n) is 4.98. The molecule has 1 aliphatic carbocycles. The maximum atomic E-state index is 11.7. The summed E-state index contributed by atoms with van der Waals surface area (Å²) in [5.41, 5.74) is 0.143. The molecular weight excluding hydrogens is 227 g/mol. The SMILES string of the molecule is CCCCP(=O)(O)C1CCCC1.[Fe]. The maximum absolute atomic E-state index is 11.7. The molecule has 0 bridgehead atoms. The molecule has 0 aromatic heterocycles. The van der Waals surface area contributed by atoms with E-state index in [0.29, 0.717) is 6.16 Å². The van der Waals surface area contributed by atoms with Gasteiger partial charge in [0.15, 0.2) is 0 Å². The summed E-state index contributed by atoms with van der Waals surface area (Å²) < 4.78 is 11.7. The predicted octanol–water partition coefficient (Wildman–Crippen LogP) is 3.00. The average molecular weight is 246 g/mol. The largest absolute Gasteiger partial charge is 0.344 e. The third-order valence-corrected chi connectivity index (χ3v) is 5.34. The minimum Gasteiger partial charge on any atom is -0.344 e. The van der Waals surface area contributed by atoms with Gasteiger partial charge in [-0.25, -0.2) is 0 Å². The van der Waals surface area contributed by atoms with Crippen molar-refractivity contribution in [3.63, 3.8) is 0 Å². The molecule has 4 heteroatoms. The zero-order valence-electron chi connectivity index (χ0n) is 8.18. The van der Waals surface area contributed by atoms with Gasteiger partial charge in [-0.1, -0.05) is 26.2 Å². The molecule has 0 heterocycles. The fraction of sp³-hybridized carbons (Fsp3) is 1.00. The number of hydrogen-bond acceptors (Lipinski definition) is 1. The minimum absolute atomic E-state index is 0. The predicted molar refractivity (Wildman–Crippen MR) is 51.9 cm³/mol. The third-order valence-electron chi connectivity index (χ3n) is 2.73. The van der Waals surface area contributed by atoms with Crippen LogP contribution in [-0.4, -0.2) is 16.7 Å². The molecule has 1 unspecified atom stereocenters. The molecule has 0 aromatic rings. The van der Waals surface area contributed by atoms with E-state index < -0.39 is 7.37 Å². The third kappa shape index (κ3) is 4.16. The van der Waals surface area contributed by atoms with Gasteiger partial charge in [-0.15, -0.1) is 0 Å². The molecule has 0 aromatic carbocycles. The van der Waals surface area contributed by atoms with Gasteiger partial charge in [-0.3, -0.25) is 4.57 Å².